The van der Waals surface area contributed by atoms with Crippen LogP contribution in [0.25, 0.3) is 0 Å². The van der Waals surface area contributed by atoms with E-state index in [1.165, 1.54) is 4.31 Å². The number of sulfonamides is 1. The van der Waals surface area contributed by atoms with Crippen molar-refractivity contribution in [2.45, 2.75) is 43.8 Å². The maximum atomic E-state index is 12.8. The Labute approximate surface area is 137 Å². The minimum atomic E-state index is -3.51. The maximum absolute atomic E-state index is 12.8. The maximum Gasteiger partial charge on any atom is 0.243 e. The average Bonchev–Trinajstić information content (AvgIpc) is 2.54. The van der Waals surface area contributed by atoms with Gasteiger partial charge in [0.1, 0.15) is 13.2 Å². The highest BCUT2D eigenvalue weighted by Gasteiger charge is 2.31. The largest absolute Gasteiger partial charge is 0.486 e. The standard InChI is InChI=1S/C16H23NO5S/c1-12(2)22-13-5-7-17(8-6-13)23(18,19)14-3-4-15-16(11-14)21-10-9-20-15/h3-4,11-13H,5-10H2,1-2H3. The van der Waals surface area contributed by atoms with Crippen LogP contribution in [0, 0.1) is 0 Å². The first-order valence-electron chi connectivity index (χ1n) is 8.02. The van der Waals surface area contributed by atoms with Crippen molar-refractivity contribution in [3.63, 3.8) is 0 Å². The van der Waals surface area contributed by atoms with Crippen molar-refractivity contribution in [2.24, 2.45) is 0 Å². The Hall–Kier alpha value is -1.31. The molecule has 0 aliphatic carbocycles. The highest BCUT2D eigenvalue weighted by Crippen LogP contribution is 2.33. The van der Waals surface area contributed by atoms with Gasteiger partial charge in [-0.3, -0.25) is 0 Å². The monoisotopic (exact) mass is 341 g/mol. The fraction of sp³-hybridized carbons (Fsp3) is 0.625. The second-order valence-electron chi connectivity index (χ2n) is 6.09. The van der Waals surface area contributed by atoms with E-state index in [2.05, 4.69) is 0 Å². The Morgan fingerprint density at radius 2 is 1.78 bits per heavy atom. The number of rotatable bonds is 4. The molecular formula is C16H23NO5S. The Balaban J connectivity index is 1.72. The number of fused-ring (bicyclic) bond motifs is 1. The highest BCUT2D eigenvalue weighted by molar-refractivity contribution is 7.89. The lowest BCUT2D eigenvalue weighted by atomic mass is 10.1. The minimum absolute atomic E-state index is 0.140. The number of ether oxygens (including phenoxy) is 3. The quantitative estimate of drug-likeness (QED) is 0.838. The first-order valence-corrected chi connectivity index (χ1v) is 9.46. The number of hydrogen-bond acceptors (Lipinski definition) is 5. The van der Waals surface area contributed by atoms with E-state index in [1.807, 2.05) is 13.8 Å². The number of benzene rings is 1. The summed E-state index contributed by atoms with van der Waals surface area (Å²) >= 11 is 0. The second-order valence-corrected chi connectivity index (χ2v) is 8.03. The molecule has 1 aromatic carbocycles. The fourth-order valence-corrected chi connectivity index (χ4v) is 4.41. The third kappa shape index (κ3) is 3.62. The Morgan fingerprint density at radius 3 is 2.43 bits per heavy atom. The molecule has 128 valence electrons. The van der Waals surface area contributed by atoms with Crippen LogP contribution < -0.4 is 9.47 Å². The minimum Gasteiger partial charge on any atom is -0.486 e. The molecular weight excluding hydrogens is 318 g/mol. The molecule has 1 fully saturated rings. The predicted octanol–water partition coefficient (Wildman–Crippen LogP) is 2.04. The number of hydrogen-bond donors (Lipinski definition) is 0. The lowest BCUT2D eigenvalue weighted by Crippen LogP contribution is -2.41. The van der Waals surface area contributed by atoms with Gasteiger partial charge in [-0.05, 0) is 38.8 Å². The van der Waals surface area contributed by atoms with Crippen molar-refractivity contribution < 1.29 is 22.6 Å². The lowest BCUT2D eigenvalue weighted by Gasteiger charge is -2.32. The predicted molar refractivity (Wildman–Crippen MR) is 85.4 cm³/mol. The molecule has 0 amide bonds. The summed E-state index contributed by atoms with van der Waals surface area (Å²) in [6.07, 6.45) is 1.76. The van der Waals surface area contributed by atoms with E-state index >= 15 is 0 Å². The molecule has 7 heteroatoms. The summed E-state index contributed by atoms with van der Waals surface area (Å²) in [7, 11) is -3.51. The van der Waals surface area contributed by atoms with Crippen LogP contribution in [-0.4, -0.2) is 51.2 Å². The van der Waals surface area contributed by atoms with Crippen LogP contribution in [-0.2, 0) is 14.8 Å². The van der Waals surface area contributed by atoms with Gasteiger partial charge in [0, 0.05) is 19.2 Å². The van der Waals surface area contributed by atoms with Gasteiger partial charge in [0.2, 0.25) is 10.0 Å². The van der Waals surface area contributed by atoms with Crippen LogP contribution in [0.15, 0.2) is 23.1 Å². The van der Waals surface area contributed by atoms with Crippen molar-refractivity contribution in [2.75, 3.05) is 26.3 Å². The van der Waals surface area contributed by atoms with Gasteiger partial charge in [0.05, 0.1) is 17.1 Å². The molecule has 2 heterocycles. The zero-order valence-electron chi connectivity index (χ0n) is 13.5. The molecule has 0 radical (unpaired) electrons. The number of piperidine rings is 1. The SMILES string of the molecule is CC(C)OC1CCN(S(=O)(=O)c2ccc3c(c2)OCCO3)CC1. The van der Waals surface area contributed by atoms with Crippen molar-refractivity contribution in [1.29, 1.82) is 0 Å². The van der Waals surface area contributed by atoms with Gasteiger partial charge in [0.15, 0.2) is 11.5 Å². The fourth-order valence-electron chi connectivity index (χ4n) is 2.93. The first kappa shape index (κ1) is 16.5. The van der Waals surface area contributed by atoms with Crippen LogP contribution >= 0.6 is 0 Å². The Kier molecular flexibility index (Phi) is 4.79. The van der Waals surface area contributed by atoms with E-state index in [-0.39, 0.29) is 17.1 Å². The normalized spacial score (nSPS) is 20.0. The zero-order valence-corrected chi connectivity index (χ0v) is 14.3. The summed E-state index contributed by atoms with van der Waals surface area (Å²) in [6.45, 7) is 5.88. The summed E-state index contributed by atoms with van der Waals surface area (Å²) in [5.74, 6) is 1.09. The molecule has 2 aliphatic heterocycles. The summed E-state index contributed by atoms with van der Waals surface area (Å²) in [4.78, 5) is 0.255. The van der Waals surface area contributed by atoms with E-state index in [9.17, 15) is 8.42 Å². The highest BCUT2D eigenvalue weighted by atomic mass is 32.2. The van der Waals surface area contributed by atoms with Crippen LogP contribution in [0.1, 0.15) is 26.7 Å². The molecule has 6 nitrogen and oxygen atoms in total. The molecule has 0 unspecified atom stereocenters. The van der Waals surface area contributed by atoms with Crippen molar-refractivity contribution >= 4 is 10.0 Å². The zero-order chi connectivity index (χ0) is 16.4. The van der Waals surface area contributed by atoms with Gasteiger partial charge in [-0.1, -0.05) is 0 Å². The van der Waals surface area contributed by atoms with E-state index in [1.54, 1.807) is 18.2 Å². The van der Waals surface area contributed by atoms with E-state index < -0.39 is 10.0 Å². The van der Waals surface area contributed by atoms with Gasteiger partial charge in [-0.15, -0.1) is 0 Å². The molecule has 0 N–H and O–H groups in total. The molecule has 1 aromatic rings. The Bertz CT molecular complexity index is 650. The molecule has 0 atom stereocenters. The van der Waals surface area contributed by atoms with Gasteiger partial charge in [0.25, 0.3) is 0 Å². The van der Waals surface area contributed by atoms with Gasteiger partial charge in [-0.2, -0.15) is 4.31 Å². The van der Waals surface area contributed by atoms with Crippen LogP contribution in [0.4, 0.5) is 0 Å². The molecule has 1 saturated heterocycles. The summed E-state index contributed by atoms with van der Waals surface area (Å²) in [5.41, 5.74) is 0. The second kappa shape index (κ2) is 6.67. The molecule has 2 aliphatic rings. The average molecular weight is 341 g/mol. The molecule has 23 heavy (non-hydrogen) atoms. The smallest absolute Gasteiger partial charge is 0.243 e. The third-order valence-corrected chi connectivity index (χ3v) is 5.91. The van der Waals surface area contributed by atoms with Crippen LogP contribution in [0.5, 0.6) is 11.5 Å². The molecule has 0 bridgehead atoms. The van der Waals surface area contributed by atoms with Crippen molar-refractivity contribution in [3.05, 3.63) is 18.2 Å². The molecule has 0 spiro atoms. The summed E-state index contributed by atoms with van der Waals surface area (Å²) in [6, 6.07) is 4.80. The Morgan fingerprint density at radius 1 is 1.13 bits per heavy atom. The summed E-state index contributed by atoms with van der Waals surface area (Å²) in [5, 5.41) is 0. The van der Waals surface area contributed by atoms with E-state index in [0.717, 1.165) is 12.8 Å². The number of nitrogens with zero attached hydrogens (tertiary/aromatic N) is 1. The lowest BCUT2D eigenvalue weighted by molar-refractivity contribution is -0.0168. The topological polar surface area (TPSA) is 65.1 Å². The summed E-state index contributed by atoms with van der Waals surface area (Å²) < 4.78 is 43.8. The van der Waals surface area contributed by atoms with Crippen LogP contribution in [0.3, 0.4) is 0 Å². The van der Waals surface area contributed by atoms with Gasteiger partial charge in [-0.25, -0.2) is 8.42 Å². The van der Waals surface area contributed by atoms with E-state index in [4.69, 9.17) is 14.2 Å². The van der Waals surface area contributed by atoms with Crippen molar-refractivity contribution in [3.8, 4) is 11.5 Å². The first-order chi connectivity index (χ1) is 11.0. The van der Waals surface area contributed by atoms with Gasteiger partial charge < -0.3 is 14.2 Å². The van der Waals surface area contributed by atoms with Crippen molar-refractivity contribution in [1.82, 2.24) is 4.31 Å². The molecule has 3 rings (SSSR count). The van der Waals surface area contributed by atoms with E-state index in [0.29, 0.717) is 37.8 Å². The molecule has 0 saturated carbocycles. The van der Waals surface area contributed by atoms with Gasteiger partial charge >= 0.3 is 0 Å². The third-order valence-electron chi connectivity index (χ3n) is 4.02. The molecule has 0 aromatic heterocycles. The van der Waals surface area contributed by atoms with Crippen LogP contribution in [0.2, 0.25) is 0 Å².